The molecule has 8 nitrogen and oxygen atoms in total. The van der Waals surface area contributed by atoms with Crippen LogP contribution in [0.3, 0.4) is 0 Å². The van der Waals surface area contributed by atoms with Gasteiger partial charge >= 0.3 is 5.97 Å². The van der Waals surface area contributed by atoms with Gasteiger partial charge in [0.25, 0.3) is 5.56 Å². The number of likely N-dealkylation sites (N-methyl/N-ethyl adjacent to an activating group) is 1. The first kappa shape index (κ1) is 20.2. The summed E-state index contributed by atoms with van der Waals surface area (Å²) >= 11 is 0. The number of aromatic nitrogens is 2. The fourth-order valence-corrected chi connectivity index (χ4v) is 2.92. The second-order valence-corrected chi connectivity index (χ2v) is 6.49. The van der Waals surface area contributed by atoms with Crippen molar-refractivity contribution in [2.24, 2.45) is 0 Å². The van der Waals surface area contributed by atoms with Crippen LogP contribution < -0.4 is 5.56 Å². The van der Waals surface area contributed by atoms with Gasteiger partial charge in [0.2, 0.25) is 11.6 Å². The van der Waals surface area contributed by atoms with Crippen LogP contribution >= 0.6 is 0 Å². The standard InChI is InChI=1S/C20H20FN3O5/c1-4-28-20(27)16-12(2)29-18-17(16)19(26)24(11-22-18)10-15(25)23(3)9-13-5-7-14(21)8-6-13/h5-8,11H,4,9-10H2,1-3H3. The van der Waals surface area contributed by atoms with Gasteiger partial charge < -0.3 is 14.1 Å². The number of esters is 1. The van der Waals surface area contributed by atoms with Gasteiger partial charge in [-0.1, -0.05) is 12.1 Å². The maximum absolute atomic E-state index is 13.0. The van der Waals surface area contributed by atoms with Crippen LogP contribution in [-0.2, 0) is 22.6 Å². The number of rotatable bonds is 6. The number of aryl methyl sites for hydroxylation is 1. The van der Waals surface area contributed by atoms with Crippen LogP contribution in [-0.4, -0.2) is 40.0 Å². The van der Waals surface area contributed by atoms with E-state index in [1.807, 2.05) is 0 Å². The fraction of sp³-hybridized carbons (Fsp3) is 0.300. The van der Waals surface area contributed by atoms with Gasteiger partial charge in [0.15, 0.2) is 0 Å². The van der Waals surface area contributed by atoms with Gasteiger partial charge in [0.1, 0.15) is 35.4 Å². The second kappa shape index (κ2) is 8.26. The van der Waals surface area contributed by atoms with Crippen LogP contribution in [0.2, 0.25) is 0 Å². The number of benzene rings is 1. The molecule has 0 fully saturated rings. The zero-order chi connectivity index (χ0) is 21.1. The first-order chi connectivity index (χ1) is 13.8. The Labute approximate surface area is 165 Å². The summed E-state index contributed by atoms with van der Waals surface area (Å²) in [7, 11) is 1.58. The highest BCUT2D eigenvalue weighted by atomic mass is 19.1. The van der Waals surface area contributed by atoms with Crippen LogP contribution in [0.1, 0.15) is 28.6 Å². The Morgan fingerprint density at radius 2 is 1.97 bits per heavy atom. The van der Waals surface area contributed by atoms with E-state index in [0.717, 1.165) is 10.1 Å². The SMILES string of the molecule is CCOC(=O)c1c(C)oc2ncn(CC(=O)N(C)Cc3ccc(F)cc3)c(=O)c12. The highest BCUT2D eigenvalue weighted by Crippen LogP contribution is 2.21. The molecule has 0 aliphatic heterocycles. The van der Waals surface area contributed by atoms with Gasteiger partial charge in [-0.3, -0.25) is 14.2 Å². The lowest BCUT2D eigenvalue weighted by Gasteiger charge is -2.17. The summed E-state index contributed by atoms with van der Waals surface area (Å²) < 4.78 is 24.5. The molecule has 0 bridgehead atoms. The number of carbonyl (C=O) groups is 2. The third-order valence-corrected chi connectivity index (χ3v) is 4.40. The molecule has 0 unspecified atom stereocenters. The Balaban J connectivity index is 1.86. The molecule has 2 aromatic heterocycles. The minimum Gasteiger partial charge on any atom is -0.462 e. The smallest absolute Gasteiger partial charge is 0.342 e. The number of hydrogen-bond acceptors (Lipinski definition) is 6. The van der Waals surface area contributed by atoms with Crippen molar-refractivity contribution >= 4 is 23.0 Å². The minimum absolute atomic E-state index is 0.0129. The molecular formula is C20H20FN3O5. The molecule has 1 aromatic carbocycles. The van der Waals surface area contributed by atoms with Gasteiger partial charge in [-0.25, -0.2) is 14.2 Å². The minimum atomic E-state index is -0.680. The van der Waals surface area contributed by atoms with Crippen molar-refractivity contribution in [1.82, 2.24) is 14.5 Å². The van der Waals surface area contributed by atoms with Crippen molar-refractivity contribution in [3.63, 3.8) is 0 Å². The molecule has 0 spiro atoms. The number of fused-ring (bicyclic) bond motifs is 1. The first-order valence-electron chi connectivity index (χ1n) is 8.95. The van der Waals surface area contributed by atoms with Crippen molar-refractivity contribution in [2.45, 2.75) is 26.9 Å². The molecule has 2 heterocycles. The maximum Gasteiger partial charge on any atom is 0.342 e. The summed E-state index contributed by atoms with van der Waals surface area (Å²) in [6.07, 6.45) is 1.20. The summed E-state index contributed by atoms with van der Waals surface area (Å²) in [6, 6.07) is 5.79. The highest BCUT2D eigenvalue weighted by Gasteiger charge is 2.24. The molecule has 0 radical (unpaired) electrons. The molecule has 3 rings (SSSR count). The molecular weight excluding hydrogens is 381 g/mol. The molecule has 152 valence electrons. The van der Waals surface area contributed by atoms with Crippen LogP contribution in [0.25, 0.3) is 11.1 Å². The topological polar surface area (TPSA) is 94.6 Å². The van der Waals surface area contributed by atoms with E-state index in [1.54, 1.807) is 33.0 Å². The summed E-state index contributed by atoms with van der Waals surface area (Å²) in [4.78, 5) is 43.1. The number of furan rings is 1. The second-order valence-electron chi connectivity index (χ2n) is 6.49. The first-order valence-corrected chi connectivity index (χ1v) is 8.95. The normalized spacial score (nSPS) is 10.9. The van der Waals surface area contributed by atoms with E-state index in [2.05, 4.69) is 4.98 Å². The fourth-order valence-electron chi connectivity index (χ4n) is 2.92. The van der Waals surface area contributed by atoms with Gasteiger partial charge in [-0.05, 0) is 31.5 Å². The Bertz CT molecular complexity index is 1120. The van der Waals surface area contributed by atoms with Crippen molar-refractivity contribution in [3.05, 3.63) is 63.7 Å². The van der Waals surface area contributed by atoms with Crippen molar-refractivity contribution in [1.29, 1.82) is 0 Å². The molecule has 0 saturated heterocycles. The number of nitrogens with zero attached hydrogens (tertiary/aromatic N) is 3. The number of amides is 1. The number of carbonyl (C=O) groups excluding carboxylic acids is 2. The van der Waals surface area contributed by atoms with E-state index >= 15 is 0 Å². The summed E-state index contributed by atoms with van der Waals surface area (Å²) in [5.74, 6) is -1.17. The molecule has 0 saturated carbocycles. The van der Waals surface area contributed by atoms with E-state index in [-0.39, 0.29) is 53.8 Å². The van der Waals surface area contributed by atoms with Crippen molar-refractivity contribution in [3.8, 4) is 0 Å². The third-order valence-electron chi connectivity index (χ3n) is 4.40. The lowest BCUT2D eigenvalue weighted by Crippen LogP contribution is -2.34. The zero-order valence-electron chi connectivity index (χ0n) is 16.3. The van der Waals surface area contributed by atoms with Crippen LogP contribution in [0.15, 0.2) is 39.8 Å². The zero-order valence-corrected chi connectivity index (χ0v) is 16.3. The van der Waals surface area contributed by atoms with Crippen molar-refractivity contribution in [2.75, 3.05) is 13.7 Å². The lowest BCUT2D eigenvalue weighted by molar-refractivity contribution is -0.131. The van der Waals surface area contributed by atoms with Gasteiger partial charge in [0.05, 0.1) is 6.61 Å². The molecule has 1 amide bonds. The van der Waals surface area contributed by atoms with E-state index in [9.17, 15) is 18.8 Å². The Morgan fingerprint density at radius 3 is 2.62 bits per heavy atom. The molecule has 0 aliphatic rings. The molecule has 3 aromatic rings. The van der Waals surface area contributed by atoms with E-state index in [1.165, 1.54) is 23.4 Å². The highest BCUT2D eigenvalue weighted by molar-refractivity contribution is 6.03. The molecule has 0 N–H and O–H groups in total. The lowest BCUT2D eigenvalue weighted by atomic mass is 10.2. The molecule has 0 atom stereocenters. The average Bonchev–Trinajstić information content (AvgIpc) is 3.02. The summed E-state index contributed by atoms with van der Waals surface area (Å²) in [5.41, 5.74) is 0.205. The average molecular weight is 401 g/mol. The molecule has 9 heteroatoms. The van der Waals surface area contributed by atoms with E-state index in [4.69, 9.17) is 9.15 Å². The van der Waals surface area contributed by atoms with Crippen LogP contribution in [0.4, 0.5) is 4.39 Å². The monoisotopic (exact) mass is 401 g/mol. The van der Waals surface area contributed by atoms with Gasteiger partial charge in [0, 0.05) is 13.6 Å². The Kier molecular flexibility index (Phi) is 5.76. The summed E-state index contributed by atoms with van der Waals surface area (Å²) in [6.45, 7) is 3.32. The van der Waals surface area contributed by atoms with Crippen LogP contribution in [0.5, 0.6) is 0 Å². The third kappa shape index (κ3) is 4.18. The Hall–Kier alpha value is -3.49. The molecule has 29 heavy (non-hydrogen) atoms. The number of ether oxygens (including phenoxy) is 1. The predicted octanol–water partition coefficient (Wildman–Crippen LogP) is 2.27. The quantitative estimate of drug-likeness (QED) is 0.588. The van der Waals surface area contributed by atoms with E-state index < -0.39 is 11.5 Å². The summed E-state index contributed by atoms with van der Waals surface area (Å²) in [5, 5.41) is -0.0163. The molecule has 0 aliphatic carbocycles. The van der Waals surface area contributed by atoms with Gasteiger partial charge in [-0.2, -0.15) is 0 Å². The maximum atomic E-state index is 13.0. The predicted molar refractivity (Wildman–Crippen MR) is 102 cm³/mol. The van der Waals surface area contributed by atoms with Crippen molar-refractivity contribution < 1.29 is 23.1 Å². The van der Waals surface area contributed by atoms with E-state index in [0.29, 0.717) is 0 Å². The largest absolute Gasteiger partial charge is 0.462 e. The number of hydrogen-bond donors (Lipinski definition) is 0. The van der Waals surface area contributed by atoms with Gasteiger partial charge in [-0.15, -0.1) is 0 Å². The number of halogens is 1. The van der Waals surface area contributed by atoms with Crippen LogP contribution in [0, 0.1) is 12.7 Å². The Morgan fingerprint density at radius 1 is 1.28 bits per heavy atom.